The highest BCUT2D eigenvalue weighted by Crippen LogP contribution is 2.14. The first kappa shape index (κ1) is 17.9. The van der Waals surface area contributed by atoms with Gasteiger partial charge in [0.15, 0.2) is 0 Å². The topological polar surface area (TPSA) is 31.4 Å². The number of hydrogen-bond donors (Lipinski definition) is 1. The predicted octanol–water partition coefficient (Wildman–Crippen LogP) is 2.52. The summed E-state index contributed by atoms with van der Waals surface area (Å²) < 4.78 is 0. The SMILES string of the molecule is Cc1cc(CNCC(C)C)cc(N(C)CCCN(C)C)n1. The Hall–Kier alpha value is -1.13. The minimum Gasteiger partial charge on any atom is -0.360 e. The molecule has 0 saturated carbocycles. The van der Waals surface area contributed by atoms with Gasteiger partial charge in [-0.05, 0) is 64.1 Å². The molecule has 0 aliphatic heterocycles. The second-order valence-corrected chi connectivity index (χ2v) is 6.58. The van der Waals surface area contributed by atoms with Gasteiger partial charge in [0, 0.05) is 25.8 Å². The summed E-state index contributed by atoms with van der Waals surface area (Å²) in [7, 11) is 6.36. The molecule has 0 aliphatic rings. The van der Waals surface area contributed by atoms with Crippen molar-refractivity contribution >= 4 is 5.82 Å². The van der Waals surface area contributed by atoms with Crippen molar-refractivity contribution in [3.05, 3.63) is 23.4 Å². The molecule has 1 N–H and O–H groups in total. The van der Waals surface area contributed by atoms with Gasteiger partial charge in [0.25, 0.3) is 0 Å². The number of aromatic nitrogens is 1. The molecule has 0 aromatic carbocycles. The average Bonchev–Trinajstić information content (AvgIpc) is 2.37. The van der Waals surface area contributed by atoms with E-state index in [1.807, 2.05) is 0 Å². The van der Waals surface area contributed by atoms with Crippen LogP contribution in [0.15, 0.2) is 12.1 Å². The highest BCUT2D eigenvalue weighted by molar-refractivity contribution is 5.41. The molecule has 0 spiro atoms. The number of aryl methyl sites for hydroxylation is 1. The van der Waals surface area contributed by atoms with Crippen LogP contribution in [-0.2, 0) is 6.54 Å². The van der Waals surface area contributed by atoms with E-state index in [0.717, 1.165) is 44.1 Å². The van der Waals surface area contributed by atoms with Gasteiger partial charge in [-0.1, -0.05) is 13.8 Å². The van der Waals surface area contributed by atoms with E-state index in [2.05, 4.69) is 74.1 Å². The highest BCUT2D eigenvalue weighted by Gasteiger charge is 2.06. The zero-order valence-electron chi connectivity index (χ0n) is 14.6. The predicted molar refractivity (Wildman–Crippen MR) is 92.0 cm³/mol. The van der Waals surface area contributed by atoms with Crippen molar-refractivity contribution in [2.75, 3.05) is 45.7 Å². The van der Waals surface area contributed by atoms with E-state index in [1.165, 1.54) is 5.56 Å². The summed E-state index contributed by atoms with van der Waals surface area (Å²) in [5.41, 5.74) is 2.41. The maximum atomic E-state index is 4.66. The Morgan fingerprint density at radius 3 is 2.48 bits per heavy atom. The van der Waals surface area contributed by atoms with E-state index < -0.39 is 0 Å². The standard InChI is InChI=1S/C17H32N4/c1-14(2)12-18-13-16-10-15(3)19-17(11-16)21(6)9-7-8-20(4)5/h10-11,14,18H,7-9,12-13H2,1-6H3. The monoisotopic (exact) mass is 292 g/mol. The van der Waals surface area contributed by atoms with Gasteiger partial charge in [-0.3, -0.25) is 0 Å². The van der Waals surface area contributed by atoms with Gasteiger partial charge in [-0.25, -0.2) is 4.98 Å². The summed E-state index contributed by atoms with van der Waals surface area (Å²) >= 11 is 0. The van der Waals surface area contributed by atoms with E-state index in [9.17, 15) is 0 Å². The van der Waals surface area contributed by atoms with E-state index in [1.54, 1.807) is 0 Å². The third-order valence-electron chi connectivity index (χ3n) is 3.37. The Labute approximate surface area is 130 Å². The van der Waals surface area contributed by atoms with Crippen molar-refractivity contribution in [1.82, 2.24) is 15.2 Å². The quantitative estimate of drug-likeness (QED) is 0.758. The van der Waals surface area contributed by atoms with Gasteiger partial charge in [0.1, 0.15) is 5.82 Å². The van der Waals surface area contributed by atoms with Crippen molar-refractivity contribution in [2.24, 2.45) is 5.92 Å². The molecule has 0 amide bonds. The maximum Gasteiger partial charge on any atom is 0.128 e. The minimum atomic E-state index is 0.682. The summed E-state index contributed by atoms with van der Waals surface area (Å²) in [5, 5.41) is 3.50. The lowest BCUT2D eigenvalue weighted by Crippen LogP contribution is -2.24. The Balaban J connectivity index is 2.58. The molecule has 1 rings (SSSR count). The second-order valence-electron chi connectivity index (χ2n) is 6.58. The largest absolute Gasteiger partial charge is 0.360 e. The molecule has 1 aromatic heterocycles. The normalized spacial score (nSPS) is 11.4. The van der Waals surface area contributed by atoms with Crippen molar-refractivity contribution < 1.29 is 0 Å². The fourth-order valence-electron chi connectivity index (χ4n) is 2.26. The van der Waals surface area contributed by atoms with Crippen LogP contribution in [0.5, 0.6) is 0 Å². The molecule has 0 aliphatic carbocycles. The number of pyridine rings is 1. The zero-order chi connectivity index (χ0) is 15.8. The fourth-order valence-corrected chi connectivity index (χ4v) is 2.26. The van der Waals surface area contributed by atoms with Gasteiger partial charge in [0.05, 0.1) is 0 Å². The number of hydrogen-bond acceptors (Lipinski definition) is 4. The second kappa shape index (κ2) is 9.00. The number of nitrogens with one attached hydrogen (secondary N) is 1. The molecule has 0 fully saturated rings. The van der Waals surface area contributed by atoms with Crippen LogP contribution in [0.3, 0.4) is 0 Å². The van der Waals surface area contributed by atoms with Crippen LogP contribution in [0.2, 0.25) is 0 Å². The molecular formula is C17H32N4. The van der Waals surface area contributed by atoms with Gasteiger partial charge in [0.2, 0.25) is 0 Å². The molecule has 1 aromatic rings. The van der Waals surface area contributed by atoms with Crippen LogP contribution < -0.4 is 10.2 Å². The average molecular weight is 292 g/mol. The first-order valence-corrected chi connectivity index (χ1v) is 7.92. The zero-order valence-corrected chi connectivity index (χ0v) is 14.6. The summed E-state index contributed by atoms with van der Waals surface area (Å²) in [5.74, 6) is 1.76. The first-order valence-electron chi connectivity index (χ1n) is 7.92. The smallest absolute Gasteiger partial charge is 0.128 e. The minimum absolute atomic E-state index is 0.682. The van der Waals surface area contributed by atoms with Gasteiger partial charge < -0.3 is 15.1 Å². The van der Waals surface area contributed by atoms with Crippen LogP contribution in [0, 0.1) is 12.8 Å². The van der Waals surface area contributed by atoms with Crippen molar-refractivity contribution in [1.29, 1.82) is 0 Å². The summed E-state index contributed by atoms with van der Waals surface area (Å²) in [6, 6.07) is 4.38. The third-order valence-corrected chi connectivity index (χ3v) is 3.37. The number of rotatable bonds is 9. The summed E-state index contributed by atoms with van der Waals surface area (Å²) in [6.07, 6.45) is 1.15. The van der Waals surface area contributed by atoms with E-state index in [4.69, 9.17) is 0 Å². The summed E-state index contributed by atoms with van der Waals surface area (Å²) in [4.78, 5) is 9.13. The molecule has 4 heteroatoms. The molecule has 0 atom stereocenters. The van der Waals surface area contributed by atoms with Crippen molar-refractivity contribution in [2.45, 2.75) is 33.7 Å². The van der Waals surface area contributed by atoms with Gasteiger partial charge >= 0.3 is 0 Å². The van der Waals surface area contributed by atoms with E-state index >= 15 is 0 Å². The van der Waals surface area contributed by atoms with Crippen LogP contribution in [0.1, 0.15) is 31.5 Å². The van der Waals surface area contributed by atoms with E-state index in [0.29, 0.717) is 5.92 Å². The molecule has 0 saturated heterocycles. The molecule has 0 radical (unpaired) electrons. The molecule has 21 heavy (non-hydrogen) atoms. The van der Waals surface area contributed by atoms with Crippen LogP contribution in [0.4, 0.5) is 5.82 Å². The Bertz CT molecular complexity index is 415. The fraction of sp³-hybridized carbons (Fsp3) is 0.706. The number of anilines is 1. The lowest BCUT2D eigenvalue weighted by Gasteiger charge is -2.21. The highest BCUT2D eigenvalue weighted by atomic mass is 15.2. The molecular weight excluding hydrogens is 260 g/mol. The molecule has 120 valence electrons. The molecule has 0 unspecified atom stereocenters. The van der Waals surface area contributed by atoms with Crippen molar-refractivity contribution in [3.8, 4) is 0 Å². The van der Waals surface area contributed by atoms with E-state index in [-0.39, 0.29) is 0 Å². The van der Waals surface area contributed by atoms with Gasteiger partial charge in [-0.15, -0.1) is 0 Å². The Morgan fingerprint density at radius 1 is 1.14 bits per heavy atom. The Morgan fingerprint density at radius 2 is 1.86 bits per heavy atom. The third kappa shape index (κ3) is 7.44. The van der Waals surface area contributed by atoms with Gasteiger partial charge in [-0.2, -0.15) is 0 Å². The Kier molecular flexibility index (Phi) is 7.68. The van der Waals surface area contributed by atoms with Crippen LogP contribution in [0.25, 0.3) is 0 Å². The number of nitrogens with zero attached hydrogens (tertiary/aromatic N) is 3. The molecule has 1 heterocycles. The van der Waals surface area contributed by atoms with Crippen LogP contribution >= 0.6 is 0 Å². The lowest BCUT2D eigenvalue weighted by molar-refractivity contribution is 0.401. The first-order chi connectivity index (χ1) is 9.88. The lowest BCUT2D eigenvalue weighted by atomic mass is 10.2. The van der Waals surface area contributed by atoms with Crippen molar-refractivity contribution in [3.63, 3.8) is 0 Å². The summed E-state index contributed by atoms with van der Waals surface area (Å²) in [6.45, 7) is 10.6. The maximum absolute atomic E-state index is 4.66. The molecule has 0 bridgehead atoms. The van der Waals surface area contributed by atoms with Crippen LogP contribution in [-0.4, -0.2) is 50.7 Å². The molecule has 4 nitrogen and oxygen atoms in total.